The maximum absolute atomic E-state index is 5.70. The Kier molecular flexibility index (Phi) is 4.65. The Hall–Kier alpha value is -3.02. The molecular formula is C18H19N3O3. The lowest BCUT2D eigenvalue weighted by atomic mass is 10.1. The second-order valence-electron chi connectivity index (χ2n) is 5.29. The van der Waals surface area contributed by atoms with Crippen LogP contribution in [0.25, 0.3) is 11.5 Å². The number of rotatable bonds is 6. The summed E-state index contributed by atoms with van der Waals surface area (Å²) in [6.07, 6.45) is 0. The maximum atomic E-state index is 5.70. The van der Waals surface area contributed by atoms with Crippen molar-refractivity contribution in [3.8, 4) is 23.0 Å². The molecule has 1 aromatic heterocycles. The quantitative estimate of drug-likeness (QED) is 0.745. The number of aromatic nitrogens is 2. The lowest BCUT2D eigenvalue weighted by molar-refractivity contribution is 0.395. The van der Waals surface area contributed by atoms with Gasteiger partial charge in [-0.1, -0.05) is 17.7 Å². The maximum Gasteiger partial charge on any atom is 0.247 e. The summed E-state index contributed by atoms with van der Waals surface area (Å²) in [5, 5.41) is 11.4. The highest BCUT2D eigenvalue weighted by atomic mass is 16.5. The first-order valence-electron chi connectivity index (χ1n) is 7.55. The molecule has 0 amide bonds. The van der Waals surface area contributed by atoms with Crippen molar-refractivity contribution in [1.29, 1.82) is 0 Å². The van der Waals surface area contributed by atoms with Crippen LogP contribution in [0.5, 0.6) is 11.5 Å². The zero-order chi connectivity index (χ0) is 16.9. The molecule has 24 heavy (non-hydrogen) atoms. The third-order valence-electron chi connectivity index (χ3n) is 3.60. The third kappa shape index (κ3) is 3.48. The fourth-order valence-electron chi connectivity index (χ4n) is 2.25. The van der Waals surface area contributed by atoms with E-state index < -0.39 is 0 Å². The molecule has 3 rings (SSSR count). The standard InChI is InChI=1S/C18H19N3O3/c1-12-4-6-13(7-5-12)18-21-20-17(24-18)11-19-15-9-8-14(22-2)10-16(15)23-3/h4-10,19H,11H2,1-3H3. The first kappa shape index (κ1) is 15.9. The topological polar surface area (TPSA) is 69.4 Å². The summed E-state index contributed by atoms with van der Waals surface area (Å²) in [4.78, 5) is 0. The fourth-order valence-corrected chi connectivity index (χ4v) is 2.25. The van der Waals surface area contributed by atoms with Gasteiger partial charge in [-0.05, 0) is 31.2 Å². The first-order valence-corrected chi connectivity index (χ1v) is 7.55. The second kappa shape index (κ2) is 7.04. The number of ether oxygens (including phenoxy) is 2. The van der Waals surface area contributed by atoms with Gasteiger partial charge in [-0.3, -0.25) is 0 Å². The van der Waals surface area contributed by atoms with Gasteiger partial charge in [0.05, 0.1) is 26.5 Å². The van der Waals surface area contributed by atoms with E-state index in [0.717, 1.165) is 17.0 Å². The molecule has 0 radical (unpaired) electrons. The van der Waals surface area contributed by atoms with Crippen molar-refractivity contribution in [3.63, 3.8) is 0 Å². The lowest BCUT2D eigenvalue weighted by Crippen LogP contribution is -2.02. The Labute approximate surface area is 140 Å². The van der Waals surface area contributed by atoms with Crippen LogP contribution in [-0.4, -0.2) is 24.4 Å². The SMILES string of the molecule is COc1ccc(NCc2nnc(-c3ccc(C)cc3)o2)c(OC)c1. The van der Waals surface area contributed by atoms with Crippen LogP contribution in [0.3, 0.4) is 0 Å². The van der Waals surface area contributed by atoms with Crippen molar-refractivity contribution in [2.45, 2.75) is 13.5 Å². The molecule has 0 aliphatic heterocycles. The normalized spacial score (nSPS) is 10.5. The largest absolute Gasteiger partial charge is 0.497 e. The smallest absolute Gasteiger partial charge is 0.247 e. The van der Waals surface area contributed by atoms with E-state index in [2.05, 4.69) is 15.5 Å². The highest BCUT2D eigenvalue weighted by Gasteiger charge is 2.10. The van der Waals surface area contributed by atoms with Gasteiger partial charge in [0, 0.05) is 11.6 Å². The monoisotopic (exact) mass is 325 g/mol. The molecule has 1 heterocycles. The predicted molar refractivity (Wildman–Crippen MR) is 91.3 cm³/mol. The molecule has 0 atom stereocenters. The molecule has 0 bridgehead atoms. The summed E-state index contributed by atoms with van der Waals surface area (Å²) in [6.45, 7) is 2.44. The van der Waals surface area contributed by atoms with Crippen molar-refractivity contribution < 1.29 is 13.9 Å². The zero-order valence-electron chi connectivity index (χ0n) is 13.9. The number of methoxy groups -OCH3 is 2. The van der Waals surface area contributed by atoms with E-state index in [1.807, 2.05) is 49.4 Å². The second-order valence-corrected chi connectivity index (χ2v) is 5.29. The molecule has 3 aromatic rings. The van der Waals surface area contributed by atoms with Gasteiger partial charge < -0.3 is 19.2 Å². The summed E-state index contributed by atoms with van der Waals surface area (Å²) >= 11 is 0. The fraction of sp³-hybridized carbons (Fsp3) is 0.222. The predicted octanol–water partition coefficient (Wildman–Crippen LogP) is 3.67. The van der Waals surface area contributed by atoms with Crippen molar-refractivity contribution in [3.05, 3.63) is 53.9 Å². The summed E-state index contributed by atoms with van der Waals surface area (Å²) in [5.74, 6) is 2.43. The molecule has 0 saturated carbocycles. The Morgan fingerprint density at radius 1 is 1.00 bits per heavy atom. The molecule has 0 saturated heterocycles. The molecular weight excluding hydrogens is 306 g/mol. The van der Waals surface area contributed by atoms with Crippen molar-refractivity contribution >= 4 is 5.69 Å². The van der Waals surface area contributed by atoms with Gasteiger partial charge in [0.25, 0.3) is 0 Å². The van der Waals surface area contributed by atoms with E-state index in [1.165, 1.54) is 5.56 Å². The average molecular weight is 325 g/mol. The van der Waals surface area contributed by atoms with Crippen molar-refractivity contribution in [1.82, 2.24) is 10.2 Å². The molecule has 2 aromatic carbocycles. The van der Waals surface area contributed by atoms with Gasteiger partial charge in [0.2, 0.25) is 11.8 Å². The lowest BCUT2D eigenvalue weighted by Gasteiger charge is -2.11. The molecule has 0 unspecified atom stereocenters. The summed E-state index contributed by atoms with van der Waals surface area (Å²) < 4.78 is 16.2. The Balaban J connectivity index is 1.70. The molecule has 6 heteroatoms. The van der Waals surface area contributed by atoms with Crippen LogP contribution in [0.15, 0.2) is 46.9 Å². The van der Waals surface area contributed by atoms with Crippen LogP contribution >= 0.6 is 0 Å². The Morgan fingerprint density at radius 2 is 1.79 bits per heavy atom. The van der Waals surface area contributed by atoms with E-state index in [1.54, 1.807) is 14.2 Å². The van der Waals surface area contributed by atoms with Crippen LogP contribution < -0.4 is 14.8 Å². The highest BCUT2D eigenvalue weighted by Crippen LogP contribution is 2.29. The Morgan fingerprint density at radius 3 is 2.50 bits per heavy atom. The summed E-state index contributed by atoms with van der Waals surface area (Å²) in [5.41, 5.74) is 2.92. The van der Waals surface area contributed by atoms with E-state index >= 15 is 0 Å². The number of benzene rings is 2. The molecule has 124 valence electrons. The number of nitrogens with one attached hydrogen (secondary N) is 1. The minimum absolute atomic E-state index is 0.404. The number of anilines is 1. The summed E-state index contributed by atoms with van der Waals surface area (Å²) in [7, 11) is 3.23. The van der Waals surface area contributed by atoms with Crippen LogP contribution in [0.4, 0.5) is 5.69 Å². The molecule has 1 N–H and O–H groups in total. The minimum atomic E-state index is 0.404. The van der Waals surface area contributed by atoms with E-state index in [4.69, 9.17) is 13.9 Å². The van der Waals surface area contributed by atoms with E-state index in [0.29, 0.717) is 24.1 Å². The zero-order valence-corrected chi connectivity index (χ0v) is 13.9. The minimum Gasteiger partial charge on any atom is -0.497 e. The van der Waals surface area contributed by atoms with Crippen LogP contribution in [0, 0.1) is 6.92 Å². The third-order valence-corrected chi connectivity index (χ3v) is 3.60. The number of hydrogen-bond donors (Lipinski definition) is 1. The van der Waals surface area contributed by atoms with Gasteiger partial charge in [0.15, 0.2) is 0 Å². The molecule has 0 aliphatic rings. The first-order chi connectivity index (χ1) is 11.7. The van der Waals surface area contributed by atoms with Crippen LogP contribution in [0.1, 0.15) is 11.5 Å². The molecule has 0 aliphatic carbocycles. The van der Waals surface area contributed by atoms with Gasteiger partial charge in [-0.15, -0.1) is 10.2 Å². The van der Waals surface area contributed by atoms with Gasteiger partial charge in [-0.2, -0.15) is 0 Å². The van der Waals surface area contributed by atoms with Crippen LogP contribution in [0.2, 0.25) is 0 Å². The Bertz CT molecular complexity index is 813. The molecule has 6 nitrogen and oxygen atoms in total. The van der Waals surface area contributed by atoms with Crippen molar-refractivity contribution in [2.75, 3.05) is 19.5 Å². The average Bonchev–Trinajstić information content (AvgIpc) is 3.09. The summed E-state index contributed by atoms with van der Waals surface area (Å²) in [6, 6.07) is 13.5. The number of nitrogens with zero attached hydrogens (tertiary/aromatic N) is 2. The van der Waals surface area contributed by atoms with Gasteiger partial charge in [0.1, 0.15) is 11.5 Å². The molecule has 0 spiro atoms. The van der Waals surface area contributed by atoms with Gasteiger partial charge in [-0.25, -0.2) is 0 Å². The van der Waals surface area contributed by atoms with Gasteiger partial charge >= 0.3 is 0 Å². The van der Waals surface area contributed by atoms with E-state index in [-0.39, 0.29) is 0 Å². The number of aryl methyl sites for hydroxylation is 1. The molecule has 0 fully saturated rings. The van der Waals surface area contributed by atoms with E-state index in [9.17, 15) is 0 Å². The van der Waals surface area contributed by atoms with Crippen LogP contribution in [-0.2, 0) is 6.54 Å². The highest BCUT2D eigenvalue weighted by molar-refractivity contribution is 5.59. The number of hydrogen-bond acceptors (Lipinski definition) is 6. The van der Waals surface area contributed by atoms with Crippen molar-refractivity contribution in [2.24, 2.45) is 0 Å².